The average Bonchev–Trinajstić information content (AvgIpc) is 2.73. The van der Waals surface area contributed by atoms with Gasteiger partial charge in [-0.25, -0.2) is 0 Å². The maximum Gasteiger partial charge on any atom is 0.224 e. The molecule has 1 aromatic heterocycles. The maximum absolute atomic E-state index is 12.1. The van der Waals surface area contributed by atoms with E-state index < -0.39 is 0 Å². The Labute approximate surface area is 125 Å². The van der Waals surface area contributed by atoms with E-state index in [-0.39, 0.29) is 17.9 Å². The van der Waals surface area contributed by atoms with Crippen LogP contribution < -0.4 is 5.32 Å². The number of rotatable bonds is 6. The van der Waals surface area contributed by atoms with Crippen LogP contribution in [0.25, 0.3) is 10.9 Å². The molecule has 4 heteroatoms. The summed E-state index contributed by atoms with van der Waals surface area (Å²) in [7, 11) is 1.99. The number of aromatic nitrogens is 1. The standard InChI is InChI=1S/C17H24N2O2/c1-12(8-13(2)20)10-18-17(21)9-14-11-19(3)16-7-5-4-6-15(14)16/h4-7,11-13,20H,8-10H2,1-3H3,(H,18,21). The third-order valence-electron chi connectivity index (χ3n) is 3.72. The van der Waals surface area contributed by atoms with Gasteiger partial charge in [0.2, 0.25) is 5.91 Å². The molecule has 4 nitrogen and oxygen atoms in total. The number of para-hydroxylation sites is 1. The van der Waals surface area contributed by atoms with E-state index >= 15 is 0 Å². The molecule has 0 spiro atoms. The van der Waals surface area contributed by atoms with Gasteiger partial charge in [-0.1, -0.05) is 25.1 Å². The molecule has 1 heterocycles. The molecule has 0 fully saturated rings. The predicted octanol–water partition coefficient (Wildman–Crippen LogP) is 2.24. The fourth-order valence-electron chi connectivity index (χ4n) is 2.76. The van der Waals surface area contributed by atoms with Crippen LogP contribution in [0.15, 0.2) is 30.5 Å². The summed E-state index contributed by atoms with van der Waals surface area (Å²) >= 11 is 0. The van der Waals surface area contributed by atoms with Crippen LogP contribution in [-0.4, -0.2) is 28.2 Å². The molecule has 2 atom stereocenters. The van der Waals surface area contributed by atoms with Crippen molar-refractivity contribution in [1.82, 2.24) is 9.88 Å². The largest absolute Gasteiger partial charge is 0.393 e. The van der Waals surface area contributed by atoms with Gasteiger partial charge in [0, 0.05) is 30.7 Å². The van der Waals surface area contributed by atoms with E-state index in [4.69, 9.17) is 0 Å². The second kappa shape index (κ2) is 6.76. The van der Waals surface area contributed by atoms with Crippen LogP contribution in [0.4, 0.5) is 0 Å². The maximum atomic E-state index is 12.1. The molecule has 0 saturated heterocycles. The minimum atomic E-state index is -0.324. The number of aliphatic hydroxyl groups excluding tert-OH is 1. The summed E-state index contributed by atoms with van der Waals surface area (Å²) in [5.74, 6) is 0.310. The molecule has 1 aromatic carbocycles. The highest BCUT2D eigenvalue weighted by molar-refractivity contribution is 5.89. The quantitative estimate of drug-likeness (QED) is 0.856. The van der Waals surface area contributed by atoms with Crippen molar-refractivity contribution in [3.63, 3.8) is 0 Å². The summed E-state index contributed by atoms with van der Waals surface area (Å²) in [6.07, 6.45) is 2.79. The average molecular weight is 288 g/mol. The van der Waals surface area contributed by atoms with Crippen LogP contribution in [-0.2, 0) is 18.3 Å². The monoisotopic (exact) mass is 288 g/mol. The van der Waals surface area contributed by atoms with E-state index in [2.05, 4.69) is 11.4 Å². The summed E-state index contributed by atoms with van der Waals surface area (Å²) in [5, 5.41) is 13.4. The van der Waals surface area contributed by atoms with Crippen molar-refractivity contribution in [2.45, 2.75) is 32.8 Å². The summed E-state index contributed by atoms with van der Waals surface area (Å²) in [5.41, 5.74) is 2.19. The van der Waals surface area contributed by atoms with Crippen molar-refractivity contribution < 1.29 is 9.90 Å². The van der Waals surface area contributed by atoms with E-state index in [1.807, 2.05) is 42.9 Å². The van der Waals surface area contributed by atoms with Crippen LogP contribution in [0.2, 0.25) is 0 Å². The molecule has 0 saturated carbocycles. The van der Waals surface area contributed by atoms with E-state index in [1.165, 1.54) is 0 Å². The van der Waals surface area contributed by atoms with Crippen molar-refractivity contribution in [1.29, 1.82) is 0 Å². The van der Waals surface area contributed by atoms with Gasteiger partial charge in [-0.2, -0.15) is 0 Å². The van der Waals surface area contributed by atoms with Gasteiger partial charge in [0.25, 0.3) is 0 Å². The number of amides is 1. The highest BCUT2D eigenvalue weighted by Gasteiger charge is 2.12. The zero-order valence-corrected chi connectivity index (χ0v) is 13.0. The van der Waals surface area contributed by atoms with Crippen molar-refractivity contribution in [3.8, 4) is 0 Å². The molecule has 2 N–H and O–H groups in total. The van der Waals surface area contributed by atoms with Gasteiger partial charge in [-0.15, -0.1) is 0 Å². The van der Waals surface area contributed by atoms with Gasteiger partial charge in [-0.05, 0) is 30.9 Å². The third kappa shape index (κ3) is 4.08. The minimum absolute atomic E-state index is 0.0313. The molecule has 0 radical (unpaired) electrons. The van der Waals surface area contributed by atoms with Crippen molar-refractivity contribution >= 4 is 16.8 Å². The molecular formula is C17H24N2O2. The first-order chi connectivity index (χ1) is 9.97. The fraction of sp³-hybridized carbons (Fsp3) is 0.471. The van der Waals surface area contributed by atoms with Crippen LogP contribution >= 0.6 is 0 Å². The molecule has 0 bridgehead atoms. The number of carbonyl (C=O) groups is 1. The first kappa shape index (κ1) is 15.6. The highest BCUT2D eigenvalue weighted by Crippen LogP contribution is 2.20. The first-order valence-corrected chi connectivity index (χ1v) is 7.45. The Morgan fingerprint density at radius 2 is 2.05 bits per heavy atom. The lowest BCUT2D eigenvalue weighted by molar-refractivity contribution is -0.120. The van der Waals surface area contributed by atoms with Crippen molar-refractivity contribution in [2.75, 3.05) is 6.54 Å². The van der Waals surface area contributed by atoms with Gasteiger partial charge in [0.15, 0.2) is 0 Å². The van der Waals surface area contributed by atoms with E-state index in [1.54, 1.807) is 6.92 Å². The Bertz CT molecular complexity index is 616. The third-order valence-corrected chi connectivity index (χ3v) is 3.72. The van der Waals surface area contributed by atoms with E-state index in [0.29, 0.717) is 19.4 Å². The zero-order valence-electron chi connectivity index (χ0n) is 13.0. The van der Waals surface area contributed by atoms with E-state index in [0.717, 1.165) is 16.5 Å². The second-order valence-electron chi connectivity index (χ2n) is 5.95. The van der Waals surface area contributed by atoms with E-state index in [9.17, 15) is 9.90 Å². The highest BCUT2D eigenvalue weighted by atomic mass is 16.3. The van der Waals surface area contributed by atoms with Crippen LogP contribution in [0.1, 0.15) is 25.8 Å². The molecule has 2 rings (SSSR count). The first-order valence-electron chi connectivity index (χ1n) is 7.45. The number of nitrogens with one attached hydrogen (secondary N) is 1. The number of benzene rings is 1. The lowest BCUT2D eigenvalue weighted by Gasteiger charge is -2.14. The number of carbonyl (C=O) groups excluding carboxylic acids is 1. The fourth-order valence-corrected chi connectivity index (χ4v) is 2.76. The number of aryl methyl sites for hydroxylation is 1. The van der Waals surface area contributed by atoms with Crippen LogP contribution in [0, 0.1) is 5.92 Å². The van der Waals surface area contributed by atoms with Crippen molar-refractivity contribution in [2.24, 2.45) is 13.0 Å². The van der Waals surface area contributed by atoms with Crippen LogP contribution in [0.3, 0.4) is 0 Å². The molecule has 0 aliphatic carbocycles. The molecule has 0 aliphatic rings. The van der Waals surface area contributed by atoms with Crippen molar-refractivity contribution in [3.05, 3.63) is 36.0 Å². The number of hydrogen-bond donors (Lipinski definition) is 2. The Kier molecular flexibility index (Phi) is 5.02. The number of aliphatic hydroxyl groups is 1. The second-order valence-corrected chi connectivity index (χ2v) is 5.95. The Balaban J connectivity index is 1.96. The molecule has 114 valence electrons. The zero-order chi connectivity index (χ0) is 15.4. The summed E-state index contributed by atoms with van der Waals surface area (Å²) < 4.78 is 2.05. The molecule has 2 aromatic rings. The summed E-state index contributed by atoms with van der Waals surface area (Å²) in [6, 6.07) is 8.10. The lowest BCUT2D eigenvalue weighted by atomic mass is 10.0. The SMILES string of the molecule is CC(O)CC(C)CNC(=O)Cc1cn(C)c2ccccc12. The topological polar surface area (TPSA) is 54.3 Å². The molecular weight excluding hydrogens is 264 g/mol. The van der Waals surface area contributed by atoms with Gasteiger partial charge in [0.1, 0.15) is 0 Å². The van der Waals surface area contributed by atoms with Gasteiger partial charge in [-0.3, -0.25) is 4.79 Å². The Morgan fingerprint density at radius 1 is 1.33 bits per heavy atom. The summed E-state index contributed by atoms with van der Waals surface area (Å²) in [6.45, 7) is 4.41. The minimum Gasteiger partial charge on any atom is -0.393 e. The number of nitrogens with zero attached hydrogens (tertiary/aromatic N) is 1. The number of hydrogen-bond acceptors (Lipinski definition) is 2. The number of fused-ring (bicyclic) bond motifs is 1. The normalized spacial score (nSPS) is 14.1. The summed E-state index contributed by atoms with van der Waals surface area (Å²) in [4.78, 5) is 12.1. The van der Waals surface area contributed by atoms with Crippen LogP contribution in [0.5, 0.6) is 0 Å². The molecule has 0 aliphatic heterocycles. The van der Waals surface area contributed by atoms with Gasteiger partial charge >= 0.3 is 0 Å². The van der Waals surface area contributed by atoms with Gasteiger partial charge < -0.3 is 15.0 Å². The molecule has 2 unspecified atom stereocenters. The molecule has 21 heavy (non-hydrogen) atoms. The Hall–Kier alpha value is -1.81. The predicted molar refractivity (Wildman–Crippen MR) is 85.1 cm³/mol. The lowest BCUT2D eigenvalue weighted by Crippen LogP contribution is -2.30. The smallest absolute Gasteiger partial charge is 0.224 e. The Morgan fingerprint density at radius 3 is 2.76 bits per heavy atom. The van der Waals surface area contributed by atoms with Gasteiger partial charge in [0.05, 0.1) is 12.5 Å². The molecule has 1 amide bonds.